The lowest BCUT2D eigenvalue weighted by Crippen LogP contribution is -2.34. The average molecular weight is 392 g/mol. The first-order valence-electron chi connectivity index (χ1n) is 9.85. The number of carbonyl (C=O) groups is 2. The quantitative estimate of drug-likeness (QED) is 0.675. The van der Waals surface area contributed by atoms with Crippen molar-refractivity contribution in [2.75, 3.05) is 7.11 Å². The second-order valence-electron chi connectivity index (χ2n) is 7.19. The zero-order valence-corrected chi connectivity index (χ0v) is 16.4. The highest BCUT2D eigenvalue weighted by molar-refractivity contribution is 6.02. The van der Waals surface area contributed by atoms with Crippen LogP contribution in [0.25, 0.3) is 5.52 Å². The van der Waals surface area contributed by atoms with Crippen molar-refractivity contribution in [3.63, 3.8) is 0 Å². The Hall–Kier alpha value is -3.35. The van der Waals surface area contributed by atoms with Crippen molar-refractivity contribution in [3.8, 4) is 5.75 Å². The highest BCUT2D eigenvalue weighted by Gasteiger charge is 2.24. The zero-order chi connectivity index (χ0) is 20.2. The van der Waals surface area contributed by atoms with Gasteiger partial charge in [-0.15, -0.1) is 0 Å². The number of para-hydroxylation sites is 1. The molecule has 2 N–H and O–H groups in total. The number of hydrogen-bond donors (Lipinski definition) is 2. The molecule has 7 nitrogen and oxygen atoms in total. The smallest absolute Gasteiger partial charge is 0.287 e. The van der Waals surface area contributed by atoms with Gasteiger partial charge in [0.15, 0.2) is 5.69 Å². The molecule has 0 aliphatic heterocycles. The molecule has 1 saturated carbocycles. The Morgan fingerprint density at radius 3 is 2.66 bits per heavy atom. The molecule has 7 heteroatoms. The molecule has 1 fully saturated rings. The van der Waals surface area contributed by atoms with E-state index in [2.05, 4.69) is 15.6 Å². The molecular weight excluding hydrogens is 368 g/mol. The molecule has 0 bridgehead atoms. The second-order valence-corrected chi connectivity index (χ2v) is 7.19. The van der Waals surface area contributed by atoms with Crippen LogP contribution < -0.4 is 15.4 Å². The number of rotatable bonds is 6. The van der Waals surface area contributed by atoms with Gasteiger partial charge in [0, 0.05) is 24.3 Å². The number of nitrogens with one attached hydrogen (secondary N) is 2. The number of methoxy groups -OCH3 is 1. The van der Waals surface area contributed by atoms with E-state index in [0.29, 0.717) is 17.8 Å². The molecule has 0 atom stereocenters. The summed E-state index contributed by atoms with van der Waals surface area (Å²) in [6.07, 6.45) is 5.99. The Morgan fingerprint density at radius 2 is 1.86 bits per heavy atom. The first-order valence-corrected chi connectivity index (χ1v) is 9.85. The molecule has 0 spiro atoms. The van der Waals surface area contributed by atoms with E-state index in [9.17, 15) is 9.59 Å². The van der Waals surface area contributed by atoms with E-state index in [1.54, 1.807) is 23.8 Å². The number of nitrogens with zero attached hydrogens (tertiary/aromatic N) is 2. The van der Waals surface area contributed by atoms with Gasteiger partial charge < -0.3 is 15.4 Å². The molecule has 2 heterocycles. The number of pyridine rings is 1. The van der Waals surface area contributed by atoms with Gasteiger partial charge in [-0.05, 0) is 31.0 Å². The summed E-state index contributed by atoms with van der Waals surface area (Å²) in [6.45, 7) is 0.304. The fraction of sp³-hybridized carbons (Fsp3) is 0.318. The topological polar surface area (TPSA) is 84.7 Å². The summed E-state index contributed by atoms with van der Waals surface area (Å²) >= 11 is 0. The summed E-state index contributed by atoms with van der Waals surface area (Å²) in [4.78, 5) is 30.0. The SMILES string of the molecule is COc1ccccc1CNC(=O)c1nc(C(=O)NC2CCCC2)n2ccccc12. The molecule has 0 radical (unpaired) electrons. The van der Waals surface area contributed by atoms with Gasteiger partial charge in [-0.1, -0.05) is 37.1 Å². The van der Waals surface area contributed by atoms with Gasteiger partial charge in [0.05, 0.1) is 12.6 Å². The van der Waals surface area contributed by atoms with Crippen molar-refractivity contribution >= 4 is 17.3 Å². The van der Waals surface area contributed by atoms with Crippen LogP contribution in [0.4, 0.5) is 0 Å². The van der Waals surface area contributed by atoms with Gasteiger partial charge >= 0.3 is 0 Å². The third-order valence-corrected chi connectivity index (χ3v) is 5.29. The average Bonchev–Trinajstić information content (AvgIpc) is 3.40. The van der Waals surface area contributed by atoms with E-state index >= 15 is 0 Å². The van der Waals surface area contributed by atoms with Crippen LogP contribution in [0, 0.1) is 0 Å². The summed E-state index contributed by atoms with van der Waals surface area (Å²) in [7, 11) is 1.60. The van der Waals surface area contributed by atoms with Crippen LogP contribution in [0.3, 0.4) is 0 Å². The number of imidazole rings is 1. The van der Waals surface area contributed by atoms with Crippen molar-refractivity contribution in [1.29, 1.82) is 0 Å². The van der Waals surface area contributed by atoms with Crippen LogP contribution in [0.1, 0.15) is 52.4 Å². The summed E-state index contributed by atoms with van der Waals surface area (Å²) in [6, 6.07) is 13.1. The molecule has 1 aliphatic carbocycles. The van der Waals surface area contributed by atoms with E-state index in [0.717, 1.165) is 31.2 Å². The molecule has 1 aromatic carbocycles. The maximum atomic E-state index is 12.9. The number of aromatic nitrogens is 2. The minimum absolute atomic E-state index is 0.182. The van der Waals surface area contributed by atoms with Crippen molar-refractivity contribution in [2.45, 2.75) is 38.3 Å². The predicted molar refractivity (Wildman–Crippen MR) is 109 cm³/mol. The Kier molecular flexibility index (Phi) is 5.46. The zero-order valence-electron chi connectivity index (χ0n) is 16.4. The largest absolute Gasteiger partial charge is 0.496 e. The monoisotopic (exact) mass is 392 g/mol. The first kappa shape index (κ1) is 19.0. The maximum Gasteiger partial charge on any atom is 0.287 e. The number of amides is 2. The van der Waals surface area contributed by atoms with Crippen LogP contribution in [0.2, 0.25) is 0 Å². The first-order chi connectivity index (χ1) is 14.2. The number of fused-ring (bicyclic) bond motifs is 1. The van der Waals surface area contributed by atoms with Crippen LogP contribution in [-0.4, -0.2) is 34.4 Å². The normalized spacial score (nSPS) is 14.1. The molecule has 4 rings (SSSR count). The van der Waals surface area contributed by atoms with Crippen LogP contribution in [0.15, 0.2) is 48.7 Å². The molecule has 0 unspecified atom stereocenters. The molecule has 29 heavy (non-hydrogen) atoms. The number of benzene rings is 1. The lowest BCUT2D eigenvalue weighted by molar-refractivity contribution is 0.0926. The summed E-state index contributed by atoms with van der Waals surface area (Å²) in [5, 5.41) is 5.92. The number of ether oxygens (including phenoxy) is 1. The summed E-state index contributed by atoms with van der Waals surface area (Å²) in [5.74, 6) is 0.357. The fourth-order valence-electron chi connectivity index (χ4n) is 3.79. The van der Waals surface area contributed by atoms with Gasteiger partial charge in [0.2, 0.25) is 5.82 Å². The highest BCUT2D eigenvalue weighted by atomic mass is 16.5. The van der Waals surface area contributed by atoms with Crippen molar-refractivity contribution in [3.05, 3.63) is 65.7 Å². The van der Waals surface area contributed by atoms with Gasteiger partial charge in [-0.25, -0.2) is 4.98 Å². The third kappa shape index (κ3) is 3.94. The van der Waals surface area contributed by atoms with Crippen molar-refractivity contribution in [2.24, 2.45) is 0 Å². The summed E-state index contributed by atoms with van der Waals surface area (Å²) < 4.78 is 7.00. The van der Waals surface area contributed by atoms with E-state index < -0.39 is 0 Å². The van der Waals surface area contributed by atoms with Crippen LogP contribution in [0.5, 0.6) is 5.75 Å². The molecular formula is C22H24N4O3. The molecule has 2 aromatic heterocycles. The predicted octanol–water partition coefficient (Wildman–Crippen LogP) is 2.95. The van der Waals surface area contributed by atoms with E-state index in [1.807, 2.05) is 36.4 Å². The Balaban J connectivity index is 1.56. The van der Waals surface area contributed by atoms with Crippen LogP contribution >= 0.6 is 0 Å². The second kappa shape index (κ2) is 8.34. The van der Waals surface area contributed by atoms with Gasteiger partial charge in [0.25, 0.3) is 11.8 Å². The molecule has 3 aromatic rings. The van der Waals surface area contributed by atoms with Gasteiger partial charge in [-0.3, -0.25) is 14.0 Å². The number of hydrogen-bond acceptors (Lipinski definition) is 4. The summed E-state index contributed by atoms with van der Waals surface area (Å²) in [5.41, 5.74) is 1.70. The van der Waals surface area contributed by atoms with Crippen LogP contribution in [-0.2, 0) is 6.54 Å². The lowest BCUT2D eigenvalue weighted by Gasteiger charge is -2.10. The maximum absolute atomic E-state index is 12.9. The Bertz CT molecular complexity index is 1040. The van der Waals surface area contributed by atoms with Crippen molar-refractivity contribution < 1.29 is 14.3 Å². The van der Waals surface area contributed by atoms with E-state index in [1.165, 1.54) is 0 Å². The third-order valence-electron chi connectivity index (χ3n) is 5.29. The van der Waals surface area contributed by atoms with Gasteiger partial charge in [-0.2, -0.15) is 0 Å². The van der Waals surface area contributed by atoms with Crippen molar-refractivity contribution in [1.82, 2.24) is 20.0 Å². The minimum atomic E-state index is -0.334. The molecule has 150 valence electrons. The highest BCUT2D eigenvalue weighted by Crippen LogP contribution is 2.20. The van der Waals surface area contributed by atoms with E-state index in [4.69, 9.17) is 4.74 Å². The molecule has 2 amide bonds. The lowest BCUT2D eigenvalue weighted by atomic mass is 10.2. The fourth-order valence-corrected chi connectivity index (χ4v) is 3.79. The standard InChI is InChI=1S/C22H24N4O3/c1-29-18-12-5-2-8-15(18)14-23-21(27)19-17-11-6-7-13-26(17)20(25-19)22(28)24-16-9-3-4-10-16/h2,5-8,11-13,16H,3-4,9-10,14H2,1H3,(H,23,27)(H,24,28). The Labute approximate surface area is 169 Å². The minimum Gasteiger partial charge on any atom is -0.496 e. The van der Waals surface area contributed by atoms with Gasteiger partial charge in [0.1, 0.15) is 5.75 Å². The molecule has 0 saturated heterocycles. The van der Waals surface area contributed by atoms with E-state index in [-0.39, 0.29) is 29.4 Å². The Morgan fingerprint density at radius 1 is 1.10 bits per heavy atom. The number of carbonyl (C=O) groups excluding carboxylic acids is 2. The molecule has 1 aliphatic rings.